The van der Waals surface area contributed by atoms with Crippen molar-refractivity contribution in [3.05, 3.63) is 89.2 Å². The van der Waals surface area contributed by atoms with Gasteiger partial charge in [0.15, 0.2) is 0 Å². The van der Waals surface area contributed by atoms with E-state index in [2.05, 4.69) is 9.97 Å². The molecule has 4 rings (SSSR count). The summed E-state index contributed by atoms with van der Waals surface area (Å²) in [7, 11) is 0. The van der Waals surface area contributed by atoms with Crippen molar-refractivity contribution in [1.82, 2.24) is 9.97 Å². The monoisotopic (exact) mass is 366 g/mol. The number of hydrogen-bond acceptors (Lipinski definition) is 3. The molecule has 0 saturated carbocycles. The summed E-state index contributed by atoms with van der Waals surface area (Å²) in [4.78, 5) is 9.70. The first-order valence-corrected chi connectivity index (χ1v) is 9.05. The summed E-state index contributed by atoms with van der Waals surface area (Å²) in [6.07, 6.45) is 0.999. The average molecular weight is 367 g/mol. The largest absolute Gasteiger partial charge is 0.382 e. The van der Waals surface area contributed by atoms with Gasteiger partial charge in [-0.25, -0.2) is 4.98 Å². The van der Waals surface area contributed by atoms with Crippen molar-refractivity contribution >= 4 is 34.4 Å². The van der Waals surface area contributed by atoms with E-state index in [1.165, 1.54) is 0 Å². The highest BCUT2D eigenvalue weighted by atomic mass is 35.5. The van der Waals surface area contributed by atoms with Crippen LogP contribution in [0, 0.1) is 0 Å². The van der Waals surface area contributed by atoms with Crippen LogP contribution in [0.5, 0.6) is 0 Å². The number of rotatable bonds is 4. The molecule has 0 fully saturated rings. The Balaban J connectivity index is 1.82. The van der Waals surface area contributed by atoms with Gasteiger partial charge in [0.25, 0.3) is 0 Å². The zero-order valence-corrected chi connectivity index (χ0v) is 14.8. The second-order valence-corrected chi connectivity index (χ2v) is 7.16. The lowest BCUT2D eigenvalue weighted by Gasteiger charge is -2.12. The lowest BCUT2D eigenvalue weighted by atomic mass is 10.1. The van der Waals surface area contributed by atoms with E-state index in [1.807, 2.05) is 66.7 Å². The van der Waals surface area contributed by atoms with E-state index < -0.39 is 6.10 Å². The van der Waals surface area contributed by atoms with Gasteiger partial charge >= 0.3 is 0 Å². The molecule has 3 nitrogen and oxygen atoms in total. The molecule has 2 heterocycles. The van der Waals surface area contributed by atoms with Crippen LogP contribution in [-0.2, 0) is 0 Å². The Bertz CT molecular complexity index is 999. The van der Waals surface area contributed by atoms with Crippen LogP contribution < -0.4 is 0 Å². The van der Waals surface area contributed by atoms with Gasteiger partial charge in [0.05, 0.1) is 5.69 Å². The van der Waals surface area contributed by atoms with E-state index in [1.54, 1.807) is 18.0 Å². The predicted molar refractivity (Wildman–Crippen MR) is 102 cm³/mol. The van der Waals surface area contributed by atoms with Gasteiger partial charge in [-0.05, 0) is 42.0 Å². The molecular weight excluding hydrogens is 352 g/mol. The van der Waals surface area contributed by atoms with Gasteiger partial charge < -0.3 is 10.1 Å². The first kappa shape index (κ1) is 16.2. The van der Waals surface area contributed by atoms with Crippen molar-refractivity contribution in [1.29, 1.82) is 0 Å². The third-order valence-corrected chi connectivity index (χ3v) is 5.38. The standard InChI is InChI=1S/C20H15ClN2OS/c21-14-8-10-15(11-9-14)25-19-16-7-4-12-22-20(16)23-17(19)18(24)13-5-2-1-3-6-13/h1-12,18,24H,(H,22,23). The molecule has 2 N–H and O–H groups in total. The summed E-state index contributed by atoms with van der Waals surface area (Å²) < 4.78 is 0. The molecule has 4 aromatic rings. The van der Waals surface area contributed by atoms with Gasteiger partial charge in [-0.3, -0.25) is 0 Å². The van der Waals surface area contributed by atoms with Crippen LogP contribution in [0.2, 0.25) is 5.02 Å². The number of fused-ring (bicyclic) bond motifs is 1. The van der Waals surface area contributed by atoms with Gasteiger partial charge in [0, 0.05) is 26.4 Å². The summed E-state index contributed by atoms with van der Waals surface area (Å²) in [6, 6.07) is 21.2. The number of aromatic amines is 1. The summed E-state index contributed by atoms with van der Waals surface area (Å²) in [5.74, 6) is 0. The summed E-state index contributed by atoms with van der Waals surface area (Å²) in [5, 5.41) is 12.6. The summed E-state index contributed by atoms with van der Waals surface area (Å²) >= 11 is 7.58. The van der Waals surface area contributed by atoms with Crippen LogP contribution in [0.15, 0.2) is 82.7 Å². The van der Waals surface area contributed by atoms with Gasteiger partial charge in [-0.2, -0.15) is 0 Å². The van der Waals surface area contributed by atoms with Crippen LogP contribution in [0.3, 0.4) is 0 Å². The molecule has 5 heteroatoms. The Kier molecular flexibility index (Phi) is 4.49. The molecule has 2 aromatic carbocycles. The minimum absolute atomic E-state index is 0.703. The molecule has 0 radical (unpaired) electrons. The topological polar surface area (TPSA) is 48.9 Å². The zero-order chi connectivity index (χ0) is 17.2. The minimum Gasteiger partial charge on any atom is -0.382 e. The molecule has 0 aliphatic heterocycles. The highest BCUT2D eigenvalue weighted by Crippen LogP contribution is 2.40. The Morgan fingerprint density at radius 3 is 2.48 bits per heavy atom. The number of pyridine rings is 1. The molecular formula is C20H15ClN2OS. The Hall–Kier alpha value is -2.27. The second kappa shape index (κ2) is 6.92. The summed E-state index contributed by atoms with van der Waals surface area (Å²) in [6.45, 7) is 0. The first-order valence-electron chi connectivity index (χ1n) is 7.85. The van der Waals surface area contributed by atoms with Crippen molar-refractivity contribution in [2.45, 2.75) is 15.9 Å². The van der Waals surface area contributed by atoms with Crippen LogP contribution in [0.25, 0.3) is 11.0 Å². The van der Waals surface area contributed by atoms with E-state index in [0.29, 0.717) is 5.02 Å². The average Bonchev–Trinajstić information content (AvgIpc) is 3.02. The molecule has 0 spiro atoms. The third kappa shape index (κ3) is 3.29. The predicted octanol–water partition coefficient (Wildman–Crippen LogP) is 5.45. The number of aliphatic hydroxyl groups excluding tert-OH is 1. The number of aliphatic hydroxyl groups is 1. The highest BCUT2D eigenvalue weighted by Gasteiger charge is 2.21. The number of H-pyrrole nitrogens is 1. The maximum Gasteiger partial charge on any atom is 0.138 e. The minimum atomic E-state index is -0.745. The highest BCUT2D eigenvalue weighted by molar-refractivity contribution is 7.99. The quantitative estimate of drug-likeness (QED) is 0.505. The molecule has 0 aliphatic carbocycles. The molecule has 1 unspecified atom stereocenters. The fourth-order valence-corrected chi connectivity index (χ4v) is 3.92. The Morgan fingerprint density at radius 1 is 0.960 bits per heavy atom. The number of nitrogens with zero attached hydrogens (tertiary/aromatic N) is 1. The molecule has 25 heavy (non-hydrogen) atoms. The lowest BCUT2D eigenvalue weighted by Crippen LogP contribution is -2.01. The fraction of sp³-hybridized carbons (Fsp3) is 0.0500. The van der Waals surface area contributed by atoms with Crippen molar-refractivity contribution in [2.75, 3.05) is 0 Å². The van der Waals surface area contributed by atoms with Gasteiger partial charge in [0.1, 0.15) is 11.8 Å². The van der Waals surface area contributed by atoms with E-state index in [0.717, 1.165) is 32.1 Å². The van der Waals surface area contributed by atoms with Gasteiger partial charge in [-0.15, -0.1) is 0 Å². The van der Waals surface area contributed by atoms with Gasteiger partial charge in [-0.1, -0.05) is 53.7 Å². The Morgan fingerprint density at radius 2 is 1.72 bits per heavy atom. The van der Waals surface area contributed by atoms with Gasteiger partial charge in [0.2, 0.25) is 0 Å². The van der Waals surface area contributed by atoms with Crippen molar-refractivity contribution in [3.63, 3.8) is 0 Å². The number of benzene rings is 2. The fourth-order valence-electron chi connectivity index (χ4n) is 2.74. The van der Waals surface area contributed by atoms with Crippen molar-refractivity contribution in [2.24, 2.45) is 0 Å². The maximum absolute atomic E-state index is 10.9. The normalized spacial score (nSPS) is 12.4. The van der Waals surface area contributed by atoms with E-state index >= 15 is 0 Å². The molecule has 0 bridgehead atoms. The number of halogens is 1. The Labute approximate surface area is 154 Å². The second-order valence-electron chi connectivity index (χ2n) is 5.64. The number of aromatic nitrogens is 2. The number of hydrogen-bond donors (Lipinski definition) is 2. The SMILES string of the molecule is OC(c1ccccc1)c1[nH]c2ncccc2c1Sc1ccc(Cl)cc1. The first-order chi connectivity index (χ1) is 12.2. The van der Waals surface area contributed by atoms with Crippen LogP contribution >= 0.6 is 23.4 Å². The summed E-state index contributed by atoms with van der Waals surface area (Å²) in [5.41, 5.74) is 2.36. The number of nitrogens with one attached hydrogen (secondary N) is 1. The van der Waals surface area contributed by atoms with E-state index in [-0.39, 0.29) is 0 Å². The molecule has 124 valence electrons. The van der Waals surface area contributed by atoms with Crippen LogP contribution in [0.4, 0.5) is 0 Å². The molecule has 0 amide bonds. The molecule has 2 aromatic heterocycles. The third-order valence-electron chi connectivity index (χ3n) is 3.97. The van der Waals surface area contributed by atoms with Crippen LogP contribution in [0.1, 0.15) is 17.4 Å². The zero-order valence-electron chi connectivity index (χ0n) is 13.2. The van der Waals surface area contributed by atoms with E-state index in [4.69, 9.17) is 11.6 Å². The molecule has 0 saturated heterocycles. The maximum atomic E-state index is 10.9. The molecule has 1 atom stereocenters. The van der Waals surface area contributed by atoms with E-state index in [9.17, 15) is 5.11 Å². The smallest absolute Gasteiger partial charge is 0.138 e. The van der Waals surface area contributed by atoms with Crippen LogP contribution in [-0.4, -0.2) is 15.1 Å². The lowest BCUT2D eigenvalue weighted by molar-refractivity contribution is 0.213. The molecule has 0 aliphatic rings. The van der Waals surface area contributed by atoms with Crippen molar-refractivity contribution < 1.29 is 5.11 Å². The van der Waals surface area contributed by atoms with Crippen molar-refractivity contribution in [3.8, 4) is 0 Å².